The Kier molecular flexibility index (Phi) is 6.02. The van der Waals surface area contributed by atoms with Crippen LogP contribution in [0.1, 0.15) is 83.1 Å². The highest BCUT2D eigenvalue weighted by Crippen LogP contribution is 2.51. The van der Waals surface area contributed by atoms with Gasteiger partial charge >= 0.3 is 14.2 Å². The summed E-state index contributed by atoms with van der Waals surface area (Å²) in [5.74, 6) is 0. The van der Waals surface area contributed by atoms with E-state index in [1.165, 1.54) is 5.56 Å². The summed E-state index contributed by atoms with van der Waals surface area (Å²) in [4.78, 5) is 0. The van der Waals surface area contributed by atoms with Crippen molar-refractivity contribution >= 4 is 14.2 Å². The highest BCUT2D eigenvalue weighted by Gasteiger charge is 2.44. The predicted molar refractivity (Wildman–Crippen MR) is 124 cm³/mol. The van der Waals surface area contributed by atoms with E-state index in [2.05, 4.69) is 38.1 Å². The number of rotatable bonds is 7. The fourth-order valence-electron chi connectivity index (χ4n) is 5.11. The van der Waals surface area contributed by atoms with Crippen LogP contribution >= 0.6 is 0 Å². The average molecular weight is 408 g/mol. The first kappa shape index (κ1) is 23.1. The summed E-state index contributed by atoms with van der Waals surface area (Å²) >= 11 is 0. The summed E-state index contributed by atoms with van der Waals surface area (Å²) in [6.07, 6.45) is 1.90. The number of hydrogen-bond donors (Lipinski definition) is 4. The average Bonchev–Trinajstić information content (AvgIpc) is 2.95. The minimum atomic E-state index is -1.43. The normalized spacial score (nSPS) is 16.6. The summed E-state index contributed by atoms with van der Waals surface area (Å²) in [6, 6.07) is 12.5. The molecule has 0 heterocycles. The first-order chi connectivity index (χ1) is 14.0. The molecule has 0 radical (unpaired) electrons. The van der Waals surface area contributed by atoms with Gasteiger partial charge in [0, 0.05) is 16.0 Å². The van der Waals surface area contributed by atoms with Crippen LogP contribution in [-0.2, 0) is 16.0 Å². The predicted octanol–water partition coefficient (Wildman–Crippen LogP) is 3.74. The van der Waals surface area contributed by atoms with E-state index in [-0.39, 0.29) is 5.41 Å². The van der Waals surface area contributed by atoms with Crippen molar-refractivity contribution in [3.63, 3.8) is 0 Å². The zero-order chi connectivity index (χ0) is 22.5. The first-order valence-corrected chi connectivity index (χ1v) is 11.0. The first-order valence-electron chi connectivity index (χ1n) is 11.0. The SMILES string of the molecule is CCC(C)(B(O)O)c1ccc2c(c1)C(C)(C)c1cc(C(CC)(CC)B(O)O)ccc1-2. The summed E-state index contributed by atoms with van der Waals surface area (Å²) < 4.78 is 0. The Bertz CT molecular complexity index is 935. The molecule has 4 N–H and O–H groups in total. The fraction of sp³-hybridized carbons (Fsp3) is 0.500. The van der Waals surface area contributed by atoms with Crippen molar-refractivity contribution in [1.29, 1.82) is 0 Å². The van der Waals surface area contributed by atoms with Crippen molar-refractivity contribution in [2.45, 2.75) is 76.8 Å². The molecule has 0 saturated carbocycles. The van der Waals surface area contributed by atoms with Gasteiger partial charge in [-0.3, -0.25) is 0 Å². The van der Waals surface area contributed by atoms with E-state index in [1.807, 2.05) is 39.8 Å². The van der Waals surface area contributed by atoms with E-state index < -0.39 is 24.9 Å². The topological polar surface area (TPSA) is 80.9 Å². The molecule has 160 valence electrons. The molecular formula is C24H34B2O4. The zero-order valence-corrected chi connectivity index (χ0v) is 19.0. The van der Waals surface area contributed by atoms with Gasteiger partial charge in [-0.15, -0.1) is 0 Å². The molecule has 0 fully saturated rings. The molecule has 1 atom stereocenters. The minimum absolute atomic E-state index is 0.278. The van der Waals surface area contributed by atoms with E-state index >= 15 is 0 Å². The highest BCUT2D eigenvalue weighted by atomic mass is 16.4. The summed E-state index contributed by atoms with van der Waals surface area (Å²) in [5.41, 5.74) is 6.23. The Labute approximate surface area is 181 Å². The van der Waals surface area contributed by atoms with Crippen LogP contribution in [0.3, 0.4) is 0 Å². The molecule has 0 amide bonds. The molecule has 0 aromatic heterocycles. The third kappa shape index (κ3) is 3.16. The van der Waals surface area contributed by atoms with Gasteiger partial charge in [-0.05, 0) is 52.6 Å². The second-order valence-corrected chi connectivity index (χ2v) is 9.53. The summed E-state index contributed by atoms with van der Waals surface area (Å²) in [5, 5.41) is 39.0. The number of benzene rings is 2. The molecule has 0 bridgehead atoms. The quantitative estimate of drug-likeness (QED) is 0.527. The molecule has 1 unspecified atom stereocenters. The fourth-order valence-corrected chi connectivity index (χ4v) is 5.11. The minimum Gasteiger partial charge on any atom is -0.426 e. The van der Waals surface area contributed by atoms with Crippen LogP contribution in [0.2, 0.25) is 0 Å². The molecule has 0 aliphatic heterocycles. The molecular weight excluding hydrogens is 374 g/mol. The van der Waals surface area contributed by atoms with E-state index in [9.17, 15) is 20.1 Å². The largest absolute Gasteiger partial charge is 0.462 e. The van der Waals surface area contributed by atoms with Crippen LogP contribution in [0.15, 0.2) is 36.4 Å². The molecule has 3 rings (SSSR count). The van der Waals surface area contributed by atoms with E-state index in [1.54, 1.807) is 0 Å². The molecule has 0 saturated heterocycles. The Balaban J connectivity index is 2.17. The molecule has 1 aliphatic carbocycles. The van der Waals surface area contributed by atoms with Gasteiger partial charge in [0.25, 0.3) is 0 Å². The summed E-state index contributed by atoms with van der Waals surface area (Å²) in [7, 11) is -2.85. The molecule has 2 aromatic rings. The molecule has 4 nitrogen and oxygen atoms in total. The third-order valence-corrected chi connectivity index (χ3v) is 7.97. The van der Waals surface area contributed by atoms with Crippen LogP contribution in [-0.4, -0.2) is 34.3 Å². The van der Waals surface area contributed by atoms with Crippen LogP contribution in [0.25, 0.3) is 11.1 Å². The second-order valence-electron chi connectivity index (χ2n) is 9.53. The summed E-state index contributed by atoms with van der Waals surface area (Å²) in [6.45, 7) is 12.2. The van der Waals surface area contributed by atoms with Gasteiger partial charge in [-0.25, -0.2) is 0 Å². The van der Waals surface area contributed by atoms with Gasteiger partial charge in [0.1, 0.15) is 0 Å². The van der Waals surface area contributed by atoms with Crippen molar-refractivity contribution in [2.75, 3.05) is 0 Å². The lowest BCUT2D eigenvalue weighted by Crippen LogP contribution is -2.43. The van der Waals surface area contributed by atoms with Crippen molar-refractivity contribution in [3.05, 3.63) is 58.7 Å². The molecule has 0 spiro atoms. The maximum Gasteiger partial charge on any atom is 0.462 e. The van der Waals surface area contributed by atoms with Crippen LogP contribution in [0.4, 0.5) is 0 Å². The molecule has 2 aromatic carbocycles. The molecule has 1 aliphatic rings. The lowest BCUT2D eigenvalue weighted by atomic mass is 9.51. The number of hydrogen-bond acceptors (Lipinski definition) is 4. The maximum atomic E-state index is 10.2. The number of fused-ring (bicyclic) bond motifs is 3. The van der Waals surface area contributed by atoms with Gasteiger partial charge in [-0.2, -0.15) is 0 Å². The lowest BCUT2D eigenvalue weighted by molar-refractivity contribution is 0.328. The van der Waals surface area contributed by atoms with Crippen LogP contribution in [0, 0.1) is 0 Å². The molecule has 6 heteroatoms. The van der Waals surface area contributed by atoms with Gasteiger partial charge in [0.05, 0.1) is 0 Å². The van der Waals surface area contributed by atoms with E-state index in [4.69, 9.17) is 0 Å². The Morgan fingerprint density at radius 3 is 1.60 bits per heavy atom. The Morgan fingerprint density at radius 2 is 1.20 bits per heavy atom. The van der Waals surface area contributed by atoms with E-state index in [0.717, 1.165) is 27.8 Å². The smallest absolute Gasteiger partial charge is 0.426 e. The van der Waals surface area contributed by atoms with Gasteiger partial charge in [0.2, 0.25) is 0 Å². The van der Waals surface area contributed by atoms with Crippen LogP contribution < -0.4 is 0 Å². The van der Waals surface area contributed by atoms with Crippen molar-refractivity contribution in [1.82, 2.24) is 0 Å². The van der Waals surface area contributed by atoms with Crippen molar-refractivity contribution in [2.24, 2.45) is 0 Å². The van der Waals surface area contributed by atoms with Crippen LogP contribution in [0.5, 0.6) is 0 Å². The second kappa shape index (κ2) is 7.83. The Hall–Kier alpha value is -1.59. The Morgan fingerprint density at radius 1 is 0.733 bits per heavy atom. The maximum absolute atomic E-state index is 10.2. The zero-order valence-electron chi connectivity index (χ0n) is 19.0. The highest BCUT2D eigenvalue weighted by molar-refractivity contribution is 6.46. The van der Waals surface area contributed by atoms with Gasteiger partial charge < -0.3 is 20.1 Å². The van der Waals surface area contributed by atoms with Gasteiger partial charge in [-0.1, -0.05) is 77.9 Å². The van der Waals surface area contributed by atoms with Crippen molar-refractivity contribution in [3.8, 4) is 11.1 Å². The van der Waals surface area contributed by atoms with Gasteiger partial charge in [0.15, 0.2) is 0 Å². The third-order valence-electron chi connectivity index (χ3n) is 7.97. The molecule has 30 heavy (non-hydrogen) atoms. The van der Waals surface area contributed by atoms with Crippen molar-refractivity contribution < 1.29 is 20.1 Å². The standard InChI is InChI=1S/C24H34B2O4/c1-7-23(6,25(27)28)16-10-12-18-19-13-11-17(24(8-2,9-3)26(29)30)15-21(19)22(4,5)20(18)14-16/h10-15,27-30H,7-9H2,1-6H3. The van der Waals surface area contributed by atoms with E-state index in [0.29, 0.717) is 19.3 Å². The monoisotopic (exact) mass is 408 g/mol. The lowest BCUT2D eigenvalue weighted by Gasteiger charge is -2.33.